The number of hydrogen-bond acceptors (Lipinski definition) is 1. The minimum absolute atomic E-state index is 0.140. The van der Waals surface area contributed by atoms with Crippen molar-refractivity contribution in [2.24, 2.45) is 23.7 Å². The fourth-order valence-electron chi connectivity index (χ4n) is 3.96. The maximum Gasteiger partial charge on any atom is 0.152 e. The van der Waals surface area contributed by atoms with Crippen LogP contribution in [0.15, 0.2) is 12.2 Å². The van der Waals surface area contributed by atoms with E-state index in [2.05, 4.69) is 24.0 Å². The highest BCUT2D eigenvalue weighted by Crippen LogP contribution is 2.43. The zero-order chi connectivity index (χ0) is 15.2. The Hall–Kier alpha value is -1.35. The van der Waals surface area contributed by atoms with Crippen LogP contribution in [0.5, 0.6) is 0 Å². The topological polar surface area (TPSA) is 23.8 Å². The Balaban J connectivity index is 1.91. The van der Waals surface area contributed by atoms with Crippen molar-refractivity contribution in [1.29, 1.82) is 5.26 Å². The Morgan fingerprint density at radius 2 is 1.62 bits per heavy atom. The SMILES string of the molecule is C/C=C/C1CCC(C2CC(F)C(C#CC#N)C(F)C2)CC1. The number of alkyl halides is 2. The molecular formula is C18H23F2N. The maximum atomic E-state index is 14.2. The molecule has 2 aliphatic carbocycles. The van der Waals surface area contributed by atoms with E-state index in [0.717, 1.165) is 25.7 Å². The highest BCUT2D eigenvalue weighted by molar-refractivity contribution is 5.21. The Morgan fingerprint density at radius 3 is 2.14 bits per heavy atom. The Morgan fingerprint density at radius 1 is 1.00 bits per heavy atom. The fraction of sp³-hybridized carbons (Fsp3) is 0.722. The summed E-state index contributed by atoms with van der Waals surface area (Å²) in [6.07, 6.45) is 7.13. The van der Waals surface area contributed by atoms with E-state index < -0.39 is 18.3 Å². The summed E-state index contributed by atoms with van der Waals surface area (Å²) < 4.78 is 28.3. The van der Waals surface area contributed by atoms with Crippen LogP contribution < -0.4 is 0 Å². The van der Waals surface area contributed by atoms with Crippen molar-refractivity contribution in [3.8, 4) is 17.9 Å². The van der Waals surface area contributed by atoms with Gasteiger partial charge in [0.15, 0.2) is 6.07 Å². The molecule has 0 aromatic carbocycles. The van der Waals surface area contributed by atoms with E-state index in [1.54, 1.807) is 6.07 Å². The van der Waals surface area contributed by atoms with Crippen LogP contribution in [0.4, 0.5) is 8.78 Å². The average Bonchev–Trinajstić information content (AvgIpc) is 2.47. The number of hydrogen-bond donors (Lipinski definition) is 0. The summed E-state index contributed by atoms with van der Waals surface area (Å²) in [6, 6.07) is 1.65. The van der Waals surface area contributed by atoms with Crippen LogP contribution in [0.2, 0.25) is 0 Å². The van der Waals surface area contributed by atoms with Crippen molar-refractivity contribution in [2.45, 2.75) is 57.8 Å². The van der Waals surface area contributed by atoms with Crippen LogP contribution in [0.25, 0.3) is 0 Å². The molecule has 0 radical (unpaired) electrons. The molecule has 0 N–H and O–H groups in total. The largest absolute Gasteiger partial charge is 0.246 e. The molecule has 2 aliphatic rings. The van der Waals surface area contributed by atoms with Crippen molar-refractivity contribution in [3.63, 3.8) is 0 Å². The standard InChI is InChI=1S/C18H23F2N/c1-2-4-13-6-8-14(9-7-13)15-11-17(19)16(5-3-10-21)18(20)12-15/h2,4,13-18H,6-9,11-12H2,1H3/b4-2+. The summed E-state index contributed by atoms with van der Waals surface area (Å²) in [4.78, 5) is 0. The molecule has 2 saturated carbocycles. The lowest BCUT2D eigenvalue weighted by Gasteiger charge is -2.39. The third kappa shape index (κ3) is 4.07. The second kappa shape index (κ2) is 7.60. The molecule has 0 saturated heterocycles. The minimum atomic E-state index is -1.23. The normalized spacial score (nSPS) is 40.3. The number of halogens is 2. The molecule has 0 heterocycles. The van der Waals surface area contributed by atoms with Crippen molar-refractivity contribution < 1.29 is 8.78 Å². The van der Waals surface area contributed by atoms with Crippen LogP contribution in [-0.4, -0.2) is 12.3 Å². The summed E-state index contributed by atoms with van der Waals surface area (Å²) in [5.41, 5.74) is 0. The van der Waals surface area contributed by atoms with Gasteiger partial charge in [-0.1, -0.05) is 18.1 Å². The number of nitriles is 1. The van der Waals surface area contributed by atoms with Gasteiger partial charge in [-0.15, -0.1) is 0 Å². The first-order valence-corrected chi connectivity index (χ1v) is 7.96. The second-order valence-corrected chi connectivity index (χ2v) is 6.37. The monoisotopic (exact) mass is 291 g/mol. The molecule has 0 aliphatic heterocycles. The van der Waals surface area contributed by atoms with Gasteiger partial charge in [-0.3, -0.25) is 0 Å². The Bertz CT molecular complexity index is 448. The van der Waals surface area contributed by atoms with E-state index in [1.165, 1.54) is 0 Å². The van der Waals surface area contributed by atoms with Gasteiger partial charge in [0, 0.05) is 5.92 Å². The lowest BCUT2D eigenvalue weighted by molar-refractivity contribution is 0.0406. The van der Waals surface area contributed by atoms with E-state index in [9.17, 15) is 8.78 Å². The summed E-state index contributed by atoms with van der Waals surface area (Å²) >= 11 is 0. The molecule has 3 heteroatoms. The third-order valence-corrected chi connectivity index (χ3v) is 5.08. The van der Waals surface area contributed by atoms with Gasteiger partial charge in [0.2, 0.25) is 0 Å². The fourth-order valence-corrected chi connectivity index (χ4v) is 3.96. The number of allylic oxidation sites excluding steroid dienone is 2. The van der Waals surface area contributed by atoms with Crippen LogP contribution in [-0.2, 0) is 0 Å². The van der Waals surface area contributed by atoms with Gasteiger partial charge in [0.25, 0.3) is 0 Å². The molecule has 2 fully saturated rings. The van der Waals surface area contributed by atoms with E-state index in [0.29, 0.717) is 24.7 Å². The Kier molecular flexibility index (Phi) is 5.80. The highest BCUT2D eigenvalue weighted by Gasteiger charge is 2.41. The first kappa shape index (κ1) is 16.0. The molecule has 0 amide bonds. The minimum Gasteiger partial charge on any atom is -0.246 e. The lowest BCUT2D eigenvalue weighted by Crippen LogP contribution is -2.38. The van der Waals surface area contributed by atoms with Crippen molar-refractivity contribution in [3.05, 3.63) is 12.2 Å². The average molecular weight is 291 g/mol. The molecule has 1 nitrogen and oxygen atoms in total. The second-order valence-electron chi connectivity index (χ2n) is 6.37. The Labute approximate surface area is 126 Å². The predicted octanol–water partition coefficient (Wildman–Crippen LogP) is 4.60. The van der Waals surface area contributed by atoms with Gasteiger partial charge >= 0.3 is 0 Å². The number of nitrogens with zero attached hydrogens (tertiary/aromatic N) is 1. The molecule has 114 valence electrons. The smallest absolute Gasteiger partial charge is 0.152 e. The van der Waals surface area contributed by atoms with Crippen molar-refractivity contribution in [2.75, 3.05) is 0 Å². The van der Waals surface area contributed by atoms with Gasteiger partial charge in [-0.25, -0.2) is 8.78 Å². The van der Waals surface area contributed by atoms with Crippen molar-refractivity contribution >= 4 is 0 Å². The molecule has 21 heavy (non-hydrogen) atoms. The van der Waals surface area contributed by atoms with Crippen LogP contribution >= 0.6 is 0 Å². The van der Waals surface area contributed by atoms with E-state index in [1.807, 2.05) is 6.92 Å². The summed E-state index contributed by atoms with van der Waals surface area (Å²) in [7, 11) is 0. The summed E-state index contributed by atoms with van der Waals surface area (Å²) in [5, 5.41) is 8.42. The molecule has 0 bridgehead atoms. The van der Waals surface area contributed by atoms with E-state index in [-0.39, 0.29) is 5.92 Å². The maximum absolute atomic E-state index is 14.2. The van der Waals surface area contributed by atoms with E-state index in [4.69, 9.17) is 5.26 Å². The molecule has 0 spiro atoms. The quantitative estimate of drug-likeness (QED) is 0.539. The van der Waals surface area contributed by atoms with Gasteiger partial charge in [-0.05, 0) is 63.2 Å². The van der Waals surface area contributed by atoms with Gasteiger partial charge in [0.1, 0.15) is 12.3 Å². The van der Waals surface area contributed by atoms with Gasteiger partial charge in [0.05, 0.1) is 5.92 Å². The molecule has 0 aromatic heterocycles. The first-order chi connectivity index (χ1) is 10.2. The highest BCUT2D eigenvalue weighted by atomic mass is 19.1. The third-order valence-electron chi connectivity index (χ3n) is 5.08. The molecule has 2 atom stereocenters. The molecule has 0 aromatic rings. The van der Waals surface area contributed by atoms with Gasteiger partial charge in [-0.2, -0.15) is 5.26 Å². The predicted molar refractivity (Wildman–Crippen MR) is 79.7 cm³/mol. The van der Waals surface area contributed by atoms with Crippen molar-refractivity contribution in [1.82, 2.24) is 0 Å². The van der Waals surface area contributed by atoms with Gasteiger partial charge < -0.3 is 0 Å². The summed E-state index contributed by atoms with van der Waals surface area (Å²) in [6.45, 7) is 2.04. The summed E-state index contributed by atoms with van der Waals surface area (Å²) in [5.74, 6) is 4.94. The van der Waals surface area contributed by atoms with Crippen LogP contribution in [0.3, 0.4) is 0 Å². The van der Waals surface area contributed by atoms with Crippen LogP contribution in [0.1, 0.15) is 45.4 Å². The molecular weight excluding hydrogens is 268 g/mol. The molecule has 2 unspecified atom stereocenters. The van der Waals surface area contributed by atoms with E-state index >= 15 is 0 Å². The number of rotatable bonds is 2. The van der Waals surface area contributed by atoms with Crippen LogP contribution in [0, 0.1) is 46.8 Å². The first-order valence-electron chi connectivity index (χ1n) is 7.96. The molecule has 2 rings (SSSR count). The zero-order valence-electron chi connectivity index (χ0n) is 12.6. The zero-order valence-corrected chi connectivity index (χ0v) is 12.6. The lowest BCUT2D eigenvalue weighted by atomic mass is 9.68.